The van der Waals surface area contributed by atoms with Gasteiger partial charge in [0.1, 0.15) is 31.0 Å². The van der Waals surface area contributed by atoms with Crippen LogP contribution in [0.5, 0.6) is 0 Å². The number of nitrogens with zero attached hydrogens (tertiary/aromatic N) is 2. The molecule has 3 fully saturated rings. The van der Waals surface area contributed by atoms with Gasteiger partial charge >= 0.3 is 6.09 Å². The Labute approximate surface area is 264 Å². The number of ether oxygens (including phenoxy) is 6. The Kier molecular flexibility index (Phi) is 15.8. The predicted molar refractivity (Wildman–Crippen MR) is 165 cm³/mol. The molecule has 0 aromatic rings. The molecule has 11 nitrogen and oxygen atoms in total. The van der Waals surface area contributed by atoms with E-state index in [1.807, 2.05) is 6.92 Å². The van der Waals surface area contributed by atoms with E-state index in [0.29, 0.717) is 58.9 Å². The van der Waals surface area contributed by atoms with E-state index in [0.717, 1.165) is 51.4 Å². The Morgan fingerprint density at radius 3 is 1.82 bits per heavy atom. The van der Waals surface area contributed by atoms with Crippen LogP contribution in [0.4, 0.5) is 4.79 Å². The molecule has 5 atom stereocenters. The normalized spacial score (nSPS) is 27.0. The minimum Gasteiger partial charge on any atom is -0.447 e. The van der Waals surface area contributed by atoms with Crippen molar-refractivity contribution in [2.45, 2.75) is 136 Å². The van der Waals surface area contributed by atoms with Gasteiger partial charge in [0.05, 0.1) is 5.41 Å². The highest BCUT2D eigenvalue weighted by atomic mass is 16.7. The number of carbonyl (C=O) groups excluding carboxylic acids is 3. The quantitative estimate of drug-likeness (QED) is 0.143. The summed E-state index contributed by atoms with van der Waals surface area (Å²) in [4.78, 5) is 41.5. The van der Waals surface area contributed by atoms with E-state index in [1.165, 1.54) is 4.90 Å². The largest absolute Gasteiger partial charge is 0.447 e. The minimum atomic E-state index is -0.701. The van der Waals surface area contributed by atoms with E-state index in [2.05, 4.69) is 27.7 Å². The molecule has 0 aromatic heterocycles. The zero-order valence-corrected chi connectivity index (χ0v) is 27.9. The second-order valence-corrected chi connectivity index (χ2v) is 12.3. The highest BCUT2D eigenvalue weighted by Gasteiger charge is 2.53. The van der Waals surface area contributed by atoms with E-state index in [-0.39, 0.29) is 24.8 Å². The first kappa shape index (κ1) is 36.7. The minimum absolute atomic E-state index is 0.0265. The number of piperidine rings is 1. The second-order valence-electron chi connectivity index (χ2n) is 12.3. The summed E-state index contributed by atoms with van der Waals surface area (Å²) >= 11 is 0. The Balaban J connectivity index is 1.71. The first-order valence-electron chi connectivity index (χ1n) is 17.2. The van der Waals surface area contributed by atoms with Gasteiger partial charge in [-0.2, -0.15) is 0 Å². The predicted octanol–water partition coefficient (Wildman–Crippen LogP) is 5.08. The Morgan fingerprint density at radius 2 is 1.30 bits per heavy atom. The number of hydrogen-bond donors (Lipinski definition) is 0. The molecule has 0 N–H and O–H groups in total. The van der Waals surface area contributed by atoms with Crippen LogP contribution in [0, 0.1) is 5.41 Å². The maximum absolute atomic E-state index is 13.3. The summed E-state index contributed by atoms with van der Waals surface area (Å²) < 4.78 is 37.8. The molecule has 0 saturated carbocycles. The fourth-order valence-corrected chi connectivity index (χ4v) is 6.08. The summed E-state index contributed by atoms with van der Waals surface area (Å²) in [7, 11) is 0. The van der Waals surface area contributed by atoms with Crippen molar-refractivity contribution in [1.82, 2.24) is 9.80 Å². The third-order valence-corrected chi connectivity index (χ3v) is 8.95. The summed E-state index contributed by atoms with van der Waals surface area (Å²) in [6, 6.07) is 0. The summed E-state index contributed by atoms with van der Waals surface area (Å²) in [5.74, 6) is -0.236. The van der Waals surface area contributed by atoms with Gasteiger partial charge in [-0.3, -0.25) is 14.5 Å². The third-order valence-electron chi connectivity index (χ3n) is 8.95. The Morgan fingerprint density at radius 1 is 0.773 bits per heavy atom. The standard InChI is InChI=1S/C33H58N2O9/c1-6-11-19-39-27-25(24-43-32(38)34-17-15-33(16-18-34)23-26(36)35(10-5)31(33)37)44-30(42-22-14-9-4)29(41-21-13-8-3)28(27)40-20-12-7-2/h25,27-30H,6-24H2,1-5H3/t25?,27-,28?,29?,30-/m1/s1. The lowest BCUT2D eigenvalue weighted by Gasteiger charge is -2.46. The zero-order chi connectivity index (χ0) is 32.0. The van der Waals surface area contributed by atoms with Crippen LogP contribution in [0.15, 0.2) is 0 Å². The molecule has 1 spiro atoms. The van der Waals surface area contributed by atoms with E-state index >= 15 is 0 Å². The zero-order valence-electron chi connectivity index (χ0n) is 27.9. The Bertz CT molecular complexity index is 879. The lowest BCUT2D eigenvalue weighted by molar-refractivity contribution is -0.322. The first-order valence-corrected chi connectivity index (χ1v) is 17.2. The first-order chi connectivity index (χ1) is 21.3. The van der Waals surface area contributed by atoms with Crippen molar-refractivity contribution in [2.75, 3.05) is 52.7 Å². The SMILES string of the molecule is CCCCOC1C(OCCCC)[C@H](OCCCC)C(COC(=O)N2CCC3(CC2)CC(=O)N(CC)C3=O)O[C@H]1OCCCC. The number of likely N-dealkylation sites (tertiary alicyclic amines) is 2. The van der Waals surface area contributed by atoms with Crippen LogP contribution in [-0.4, -0.2) is 111 Å². The van der Waals surface area contributed by atoms with Crippen LogP contribution >= 0.6 is 0 Å². The molecule has 44 heavy (non-hydrogen) atoms. The van der Waals surface area contributed by atoms with E-state index in [4.69, 9.17) is 28.4 Å². The molecule has 3 heterocycles. The molecule has 11 heteroatoms. The van der Waals surface area contributed by atoms with Gasteiger partial charge < -0.3 is 33.3 Å². The van der Waals surface area contributed by atoms with E-state index < -0.39 is 42.2 Å². The van der Waals surface area contributed by atoms with Gasteiger partial charge in [-0.25, -0.2) is 4.79 Å². The van der Waals surface area contributed by atoms with Crippen LogP contribution in [0.3, 0.4) is 0 Å². The number of rotatable bonds is 19. The van der Waals surface area contributed by atoms with Crippen molar-refractivity contribution in [3.05, 3.63) is 0 Å². The summed E-state index contributed by atoms with van der Waals surface area (Å²) in [5, 5.41) is 0. The summed E-state index contributed by atoms with van der Waals surface area (Å²) in [5.41, 5.74) is -0.701. The molecule has 3 aliphatic rings. The molecule has 0 aromatic carbocycles. The number of hydrogen-bond acceptors (Lipinski definition) is 9. The van der Waals surface area contributed by atoms with Crippen LogP contribution in [0.25, 0.3) is 0 Å². The fourth-order valence-electron chi connectivity index (χ4n) is 6.08. The number of imide groups is 1. The van der Waals surface area contributed by atoms with Gasteiger partial charge in [-0.15, -0.1) is 0 Å². The molecule has 3 amide bonds. The molecular formula is C33H58N2O9. The second kappa shape index (κ2) is 19.0. The number of carbonyl (C=O) groups is 3. The molecule has 254 valence electrons. The fraction of sp³-hybridized carbons (Fsp3) is 0.909. The lowest BCUT2D eigenvalue weighted by atomic mass is 9.77. The lowest BCUT2D eigenvalue weighted by Crippen LogP contribution is -2.62. The van der Waals surface area contributed by atoms with Gasteiger partial charge in [0.25, 0.3) is 0 Å². The van der Waals surface area contributed by atoms with E-state index in [9.17, 15) is 14.4 Å². The number of unbranched alkanes of at least 4 members (excludes halogenated alkanes) is 4. The number of amides is 3. The van der Waals surface area contributed by atoms with Crippen LogP contribution < -0.4 is 0 Å². The molecule has 3 aliphatic heterocycles. The van der Waals surface area contributed by atoms with Gasteiger partial charge in [0, 0.05) is 52.5 Å². The molecule has 0 radical (unpaired) electrons. The molecule has 3 rings (SSSR count). The maximum Gasteiger partial charge on any atom is 0.409 e. The van der Waals surface area contributed by atoms with Crippen LogP contribution in [-0.2, 0) is 38.0 Å². The molecule has 0 bridgehead atoms. The smallest absolute Gasteiger partial charge is 0.409 e. The monoisotopic (exact) mass is 626 g/mol. The van der Waals surface area contributed by atoms with Gasteiger partial charge in [0.2, 0.25) is 11.8 Å². The third kappa shape index (κ3) is 9.61. The molecule has 3 saturated heterocycles. The van der Waals surface area contributed by atoms with Gasteiger partial charge in [0.15, 0.2) is 6.29 Å². The van der Waals surface area contributed by atoms with Crippen molar-refractivity contribution < 1.29 is 42.8 Å². The van der Waals surface area contributed by atoms with Gasteiger partial charge in [-0.1, -0.05) is 53.4 Å². The molecular weight excluding hydrogens is 568 g/mol. The highest BCUT2D eigenvalue weighted by molar-refractivity contribution is 6.06. The van der Waals surface area contributed by atoms with Crippen molar-refractivity contribution in [3.63, 3.8) is 0 Å². The van der Waals surface area contributed by atoms with Crippen molar-refractivity contribution in [2.24, 2.45) is 5.41 Å². The summed E-state index contributed by atoms with van der Waals surface area (Å²) in [6.07, 6.45) is 5.50. The average Bonchev–Trinajstić information content (AvgIpc) is 3.25. The van der Waals surface area contributed by atoms with Crippen molar-refractivity contribution in [1.29, 1.82) is 0 Å². The molecule has 3 unspecified atom stereocenters. The van der Waals surface area contributed by atoms with Crippen LogP contribution in [0.2, 0.25) is 0 Å². The topological polar surface area (TPSA) is 113 Å². The van der Waals surface area contributed by atoms with Crippen molar-refractivity contribution in [3.8, 4) is 0 Å². The highest BCUT2D eigenvalue weighted by Crippen LogP contribution is 2.42. The maximum atomic E-state index is 13.3. The van der Waals surface area contributed by atoms with E-state index in [1.54, 1.807) is 4.90 Å². The molecule has 0 aliphatic carbocycles. The Hall–Kier alpha value is -1.79. The van der Waals surface area contributed by atoms with Crippen LogP contribution in [0.1, 0.15) is 105 Å². The average molecular weight is 627 g/mol. The summed E-state index contributed by atoms with van der Waals surface area (Å²) in [6.45, 7) is 13.5. The van der Waals surface area contributed by atoms with Crippen molar-refractivity contribution >= 4 is 17.9 Å². The van der Waals surface area contributed by atoms with Gasteiger partial charge in [-0.05, 0) is 45.4 Å².